The highest BCUT2D eigenvalue weighted by Crippen LogP contribution is 2.17. The Morgan fingerprint density at radius 1 is 1.11 bits per heavy atom. The van der Waals surface area contributed by atoms with Crippen LogP contribution in [-0.4, -0.2) is 28.1 Å². The molecule has 7 heteroatoms. The SMILES string of the molecule is C=CCNC(=O)c1ccccc1NC(=O)c1cnn(-c2ccc(Cl)cc2)c1. The van der Waals surface area contributed by atoms with Gasteiger partial charge in [-0.1, -0.05) is 29.8 Å². The number of para-hydroxylation sites is 1. The largest absolute Gasteiger partial charge is 0.349 e. The summed E-state index contributed by atoms with van der Waals surface area (Å²) in [4.78, 5) is 24.8. The third-order valence-electron chi connectivity index (χ3n) is 3.76. The van der Waals surface area contributed by atoms with Crippen LogP contribution in [0.15, 0.2) is 73.6 Å². The number of halogens is 1. The van der Waals surface area contributed by atoms with Crippen LogP contribution in [0.25, 0.3) is 5.69 Å². The average Bonchev–Trinajstić information content (AvgIpc) is 3.17. The third-order valence-corrected chi connectivity index (χ3v) is 4.01. The smallest absolute Gasteiger partial charge is 0.258 e. The molecule has 3 aromatic rings. The van der Waals surface area contributed by atoms with E-state index in [1.807, 2.05) is 0 Å². The van der Waals surface area contributed by atoms with Crippen LogP contribution >= 0.6 is 11.6 Å². The number of amides is 2. The first kappa shape index (κ1) is 18.4. The first-order valence-electron chi connectivity index (χ1n) is 8.18. The van der Waals surface area contributed by atoms with Crippen LogP contribution < -0.4 is 10.6 Å². The van der Waals surface area contributed by atoms with E-state index in [1.165, 1.54) is 6.20 Å². The van der Waals surface area contributed by atoms with Crippen LogP contribution in [0.4, 0.5) is 5.69 Å². The van der Waals surface area contributed by atoms with Crippen molar-refractivity contribution in [1.82, 2.24) is 15.1 Å². The van der Waals surface area contributed by atoms with Gasteiger partial charge in [-0.15, -0.1) is 6.58 Å². The summed E-state index contributed by atoms with van der Waals surface area (Å²) in [6.45, 7) is 3.91. The summed E-state index contributed by atoms with van der Waals surface area (Å²) in [6, 6.07) is 13.9. The van der Waals surface area contributed by atoms with Crippen molar-refractivity contribution in [3.05, 3.63) is 89.7 Å². The molecule has 2 N–H and O–H groups in total. The minimum atomic E-state index is -0.362. The molecule has 0 bridgehead atoms. The maximum Gasteiger partial charge on any atom is 0.258 e. The van der Waals surface area contributed by atoms with E-state index in [4.69, 9.17) is 11.6 Å². The van der Waals surface area contributed by atoms with Gasteiger partial charge >= 0.3 is 0 Å². The van der Waals surface area contributed by atoms with Gasteiger partial charge < -0.3 is 10.6 Å². The lowest BCUT2D eigenvalue weighted by Crippen LogP contribution is -2.25. The Hall–Kier alpha value is -3.38. The summed E-state index contributed by atoms with van der Waals surface area (Å²) in [5.41, 5.74) is 1.94. The minimum Gasteiger partial charge on any atom is -0.349 e. The predicted octanol–water partition coefficient (Wildman–Crippen LogP) is 3.69. The Kier molecular flexibility index (Phi) is 5.68. The predicted molar refractivity (Wildman–Crippen MR) is 105 cm³/mol. The number of nitrogens with one attached hydrogen (secondary N) is 2. The molecule has 2 amide bonds. The van der Waals surface area contributed by atoms with Crippen molar-refractivity contribution in [2.75, 3.05) is 11.9 Å². The minimum absolute atomic E-state index is 0.289. The number of hydrogen-bond donors (Lipinski definition) is 2. The molecule has 2 aromatic carbocycles. The molecule has 136 valence electrons. The molecule has 0 aliphatic rings. The zero-order valence-corrected chi connectivity index (χ0v) is 15.1. The Bertz CT molecular complexity index is 980. The van der Waals surface area contributed by atoms with Crippen molar-refractivity contribution >= 4 is 29.1 Å². The number of carbonyl (C=O) groups is 2. The topological polar surface area (TPSA) is 76.0 Å². The van der Waals surface area contributed by atoms with Crippen LogP contribution in [0, 0.1) is 0 Å². The number of carbonyl (C=O) groups excluding carboxylic acids is 2. The van der Waals surface area contributed by atoms with Gasteiger partial charge in [-0.25, -0.2) is 4.68 Å². The fraction of sp³-hybridized carbons (Fsp3) is 0.0500. The van der Waals surface area contributed by atoms with Gasteiger partial charge in [0.15, 0.2) is 0 Å². The first-order chi connectivity index (χ1) is 13.1. The molecule has 1 heterocycles. The molecule has 27 heavy (non-hydrogen) atoms. The summed E-state index contributed by atoms with van der Waals surface area (Å²) in [5, 5.41) is 10.3. The van der Waals surface area contributed by atoms with Crippen LogP contribution in [0.2, 0.25) is 5.02 Å². The molecule has 0 radical (unpaired) electrons. The van der Waals surface area contributed by atoms with Gasteiger partial charge in [-0.3, -0.25) is 9.59 Å². The fourth-order valence-corrected chi connectivity index (χ4v) is 2.55. The Balaban J connectivity index is 1.77. The lowest BCUT2D eigenvalue weighted by Gasteiger charge is -2.10. The van der Waals surface area contributed by atoms with Gasteiger partial charge in [0.05, 0.1) is 28.7 Å². The van der Waals surface area contributed by atoms with E-state index in [2.05, 4.69) is 22.3 Å². The highest BCUT2D eigenvalue weighted by Gasteiger charge is 2.15. The number of nitrogens with zero attached hydrogens (tertiary/aromatic N) is 2. The number of hydrogen-bond acceptors (Lipinski definition) is 3. The number of aromatic nitrogens is 2. The zero-order chi connectivity index (χ0) is 19.2. The zero-order valence-electron chi connectivity index (χ0n) is 14.4. The summed E-state index contributed by atoms with van der Waals surface area (Å²) in [7, 11) is 0. The lowest BCUT2D eigenvalue weighted by atomic mass is 10.1. The normalized spacial score (nSPS) is 10.3. The van der Waals surface area contributed by atoms with Crippen molar-refractivity contribution < 1.29 is 9.59 Å². The molecular weight excluding hydrogens is 364 g/mol. The maximum atomic E-state index is 12.6. The molecule has 0 unspecified atom stereocenters. The van der Waals surface area contributed by atoms with Crippen molar-refractivity contribution in [2.45, 2.75) is 0 Å². The second kappa shape index (κ2) is 8.33. The molecule has 0 aliphatic carbocycles. The number of anilines is 1. The second-order valence-electron chi connectivity index (χ2n) is 5.65. The summed E-state index contributed by atoms with van der Waals surface area (Å²) in [6.07, 6.45) is 4.66. The highest BCUT2D eigenvalue weighted by molar-refractivity contribution is 6.30. The van der Waals surface area contributed by atoms with Gasteiger partial charge in [0.1, 0.15) is 0 Å². The van der Waals surface area contributed by atoms with Crippen LogP contribution in [0.1, 0.15) is 20.7 Å². The highest BCUT2D eigenvalue weighted by atomic mass is 35.5. The Labute approximate surface area is 161 Å². The standard InChI is InChI=1S/C20H17ClN4O2/c1-2-11-22-20(27)17-5-3-4-6-18(17)24-19(26)14-12-23-25(13-14)16-9-7-15(21)8-10-16/h2-10,12-13H,1,11H2,(H,22,27)(H,24,26). The molecule has 1 aromatic heterocycles. The Morgan fingerprint density at radius 2 is 1.85 bits per heavy atom. The quantitative estimate of drug-likeness (QED) is 0.640. The first-order valence-corrected chi connectivity index (χ1v) is 8.56. The van der Waals surface area contributed by atoms with Crippen molar-refractivity contribution in [3.8, 4) is 5.69 Å². The average molecular weight is 381 g/mol. The van der Waals surface area contributed by atoms with Gasteiger partial charge in [0, 0.05) is 17.8 Å². The molecule has 6 nitrogen and oxygen atoms in total. The van der Waals surface area contributed by atoms with E-state index < -0.39 is 0 Å². The molecule has 0 spiro atoms. The van der Waals surface area contributed by atoms with Crippen LogP contribution in [0.5, 0.6) is 0 Å². The van der Waals surface area contributed by atoms with E-state index in [9.17, 15) is 9.59 Å². The Morgan fingerprint density at radius 3 is 2.59 bits per heavy atom. The van der Waals surface area contributed by atoms with Gasteiger partial charge in [0.25, 0.3) is 11.8 Å². The molecule has 0 fully saturated rings. The molecule has 0 aliphatic heterocycles. The monoisotopic (exact) mass is 380 g/mol. The van der Waals surface area contributed by atoms with Crippen LogP contribution in [-0.2, 0) is 0 Å². The maximum absolute atomic E-state index is 12.6. The summed E-state index contributed by atoms with van der Waals surface area (Å²) in [5.74, 6) is -0.651. The van der Waals surface area contributed by atoms with Gasteiger partial charge in [-0.2, -0.15) is 5.10 Å². The lowest BCUT2D eigenvalue weighted by molar-refractivity contribution is 0.0959. The van der Waals surface area contributed by atoms with E-state index in [-0.39, 0.29) is 11.8 Å². The van der Waals surface area contributed by atoms with E-state index in [0.717, 1.165) is 5.69 Å². The van der Waals surface area contributed by atoms with E-state index >= 15 is 0 Å². The fourth-order valence-electron chi connectivity index (χ4n) is 2.42. The van der Waals surface area contributed by atoms with Crippen molar-refractivity contribution in [3.63, 3.8) is 0 Å². The van der Waals surface area contributed by atoms with Gasteiger partial charge in [-0.05, 0) is 36.4 Å². The second-order valence-corrected chi connectivity index (χ2v) is 6.08. The van der Waals surface area contributed by atoms with Crippen molar-refractivity contribution in [2.24, 2.45) is 0 Å². The summed E-state index contributed by atoms with van der Waals surface area (Å²) < 4.78 is 1.58. The van der Waals surface area contributed by atoms with E-state index in [0.29, 0.717) is 28.4 Å². The summed E-state index contributed by atoms with van der Waals surface area (Å²) >= 11 is 5.89. The third kappa shape index (κ3) is 4.43. The molecule has 3 rings (SSSR count). The van der Waals surface area contributed by atoms with Crippen LogP contribution in [0.3, 0.4) is 0 Å². The van der Waals surface area contributed by atoms with Crippen molar-refractivity contribution in [1.29, 1.82) is 0 Å². The molecular formula is C20H17ClN4O2. The van der Waals surface area contributed by atoms with Gasteiger partial charge in [0.2, 0.25) is 0 Å². The number of rotatable bonds is 6. The molecule has 0 saturated carbocycles. The molecule has 0 atom stereocenters. The van der Waals surface area contributed by atoms with E-state index in [1.54, 1.807) is 65.5 Å². The molecule has 0 saturated heterocycles. The number of benzene rings is 2.